The Kier molecular flexibility index (Phi) is 3.44. The number of hydrogen-bond acceptors (Lipinski definition) is 4. The van der Waals surface area contributed by atoms with Gasteiger partial charge in [0.25, 0.3) is 0 Å². The molecule has 2 rings (SSSR count). The summed E-state index contributed by atoms with van der Waals surface area (Å²) in [5.74, 6) is 0. The number of pyridine rings is 1. The van der Waals surface area contributed by atoms with Gasteiger partial charge in [-0.1, -0.05) is 6.07 Å². The molecule has 1 aromatic carbocycles. The molecule has 90 valence electrons. The predicted octanol–water partition coefficient (Wildman–Crippen LogP) is 2.71. The van der Waals surface area contributed by atoms with Gasteiger partial charge in [-0.05, 0) is 36.8 Å². The van der Waals surface area contributed by atoms with Crippen LogP contribution < -0.4 is 11.1 Å². The molecular weight excluding hydrogens is 224 g/mol. The van der Waals surface area contributed by atoms with Crippen LogP contribution in [0.2, 0.25) is 0 Å². The number of nitrogens with one attached hydrogen (secondary N) is 1. The fourth-order valence-electron chi connectivity index (χ4n) is 1.71. The monoisotopic (exact) mass is 238 g/mol. The first-order valence-corrected chi connectivity index (χ1v) is 5.67. The van der Waals surface area contributed by atoms with Gasteiger partial charge in [-0.25, -0.2) is 0 Å². The highest BCUT2D eigenvalue weighted by Gasteiger charge is 2.07. The van der Waals surface area contributed by atoms with Gasteiger partial charge in [0.15, 0.2) is 0 Å². The molecule has 1 aromatic heterocycles. The van der Waals surface area contributed by atoms with Crippen molar-refractivity contribution in [1.29, 1.82) is 5.26 Å². The molecule has 0 saturated heterocycles. The lowest BCUT2D eigenvalue weighted by molar-refractivity contribution is 0.876. The second-order valence-electron chi connectivity index (χ2n) is 4.07. The largest absolute Gasteiger partial charge is 0.397 e. The van der Waals surface area contributed by atoms with Crippen LogP contribution in [0.4, 0.5) is 11.4 Å². The molecule has 4 heteroatoms. The zero-order chi connectivity index (χ0) is 13.0. The van der Waals surface area contributed by atoms with E-state index in [-0.39, 0.29) is 6.04 Å². The third-order valence-electron chi connectivity index (χ3n) is 2.74. The van der Waals surface area contributed by atoms with Gasteiger partial charge in [0.05, 0.1) is 29.0 Å². The number of rotatable bonds is 3. The van der Waals surface area contributed by atoms with Crippen LogP contribution in [0.25, 0.3) is 0 Å². The summed E-state index contributed by atoms with van der Waals surface area (Å²) in [7, 11) is 0. The van der Waals surface area contributed by atoms with E-state index < -0.39 is 0 Å². The average Bonchev–Trinajstić information content (AvgIpc) is 2.42. The maximum absolute atomic E-state index is 8.78. The van der Waals surface area contributed by atoms with Crippen molar-refractivity contribution in [2.75, 3.05) is 11.1 Å². The van der Waals surface area contributed by atoms with E-state index in [9.17, 15) is 0 Å². The highest BCUT2D eigenvalue weighted by atomic mass is 14.9. The number of hydrogen-bond donors (Lipinski definition) is 2. The highest BCUT2D eigenvalue weighted by Crippen LogP contribution is 2.24. The van der Waals surface area contributed by atoms with E-state index in [0.717, 1.165) is 11.3 Å². The number of nitrogens with two attached hydrogens (primary N) is 1. The van der Waals surface area contributed by atoms with E-state index >= 15 is 0 Å². The Bertz CT molecular complexity index is 572. The summed E-state index contributed by atoms with van der Waals surface area (Å²) in [5, 5.41) is 12.1. The normalized spacial score (nSPS) is 11.6. The molecule has 1 unspecified atom stereocenters. The Morgan fingerprint density at radius 1 is 1.39 bits per heavy atom. The molecule has 1 atom stereocenters. The van der Waals surface area contributed by atoms with Gasteiger partial charge >= 0.3 is 0 Å². The minimum absolute atomic E-state index is 0.105. The van der Waals surface area contributed by atoms with Crippen LogP contribution in [0, 0.1) is 11.3 Å². The number of anilines is 2. The molecule has 0 aliphatic carbocycles. The quantitative estimate of drug-likeness (QED) is 0.806. The van der Waals surface area contributed by atoms with E-state index in [0.29, 0.717) is 11.3 Å². The van der Waals surface area contributed by atoms with Crippen molar-refractivity contribution in [3.05, 3.63) is 53.9 Å². The lowest BCUT2D eigenvalue weighted by Gasteiger charge is -2.16. The first-order chi connectivity index (χ1) is 8.70. The molecular formula is C14H14N4. The van der Waals surface area contributed by atoms with E-state index in [1.807, 2.05) is 31.3 Å². The molecule has 0 saturated carbocycles. The van der Waals surface area contributed by atoms with Crippen LogP contribution in [-0.2, 0) is 0 Å². The molecule has 0 amide bonds. The first kappa shape index (κ1) is 11.9. The molecule has 0 fully saturated rings. The van der Waals surface area contributed by atoms with Crippen molar-refractivity contribution >= 4 is 11.4 Å². The lowest BCUT2D eigenvalue weighted by atomic mass is 10.1. The zero-order valence-electron chi connectivity index (χ0n) is 10.1. The fourth-order valence-corrected chi connectivity index (χ4v) is 1.71. The van der Waals surface area contributed by atoms with Gasteiger partial charge in [-0.2, -0.15) is 5.26 Å². The van der Waals surface area contributed by atoms with Gasteiger partial charge in [0, 0.05) is 12.4 Å². The van der Waals surface area contributed by atoms with Gasteiger partial charge in [0.2, 0.25) is 0 Å². The summed E-state index contributed by atoms with van der Waals surface area (Å²) in [5.41, 5.74) is 8.94. The SMILES string of the molecule is CC(Nc1ccc(C#N)cc1N)c1cccnc1. The standard InChI is InChI=1S/C14H14N4/c1-10(12-3-2-6-17-9-12)18-14-5-4-11(8-15)7-13(14)16/h2-7,9-10,18H,16H2,1H3. The highest BCUT2D eigenvalue weighted by molar-refractivity contribution is 5.68. The van der Waals surface area contributed by atoms with Crippen LogP contribution in [0.1, 0.15) is 24.1 Å². The van der Waals surface area contributed by atoms with E-state index in [2.05, 4.69) is 16.4 Å². The van der Waals surface area contributed by atoms with Crippen LogP contribution in [-0.4, -0.2) is 4.98 Å². The molecule has 2 aromatic rings. The fraction of sp³-hybridized carbons (Fsp3) is 0.143. The predicted molar refractivity (Wildman–Crippen MR) is 71.8 cm³/mol. The number of benzene rings is 1. The van der Waals surface area contributed by atoms with Crippen molar-refractivity contribution in [2.24, 2.45) is 0 Å². The topological polar surface area (TPSA) is 74.7 Å². The van der Waals surface area contributed by atoms with Crippen LogP contribution in [0.5, 0.6) is 0 Å². The summed E-state index contributed by atoms with van der Waals surface area (Å²) in [6.07, 6.45) is 3.56. The Balaban J connectivity index is 2.18. The lowest BCUT2D eigenvalue weighted by Crippen LogP contribution is -2.08. The zero-order valence-corrected chi connectivity index (χ0v) is 10.1. The third-order valence-corrected chi connectivity index (χ3v) is 2.74. The van der Waals surface area contributed by atoms with Crippen LogP contribution in [0.15, 0.2) is 42.7 Å². The van der Waals surface area contributed by atoms with E-state index in [4.69, 9.17) is 11.0 Å². The molecule has 1 heterocycles. The second kappa shape index (κ2) is 5.19. The minimum Gasteiger partial charge on any atom is -0.397 e. The summed E-state index contributed by atoms with van der Waals surface area (Å²) in [6.45, 7) is 2.04. The maximum atomic E-state index is 8.78. The molecule has 0 aliphatic rings. The number of nitrogen functional groups attached to an aromatic ring is 1. The minimum atomic E-state index is 0.105. The molecule has 18 heavy (non-hydrogen) atoms. The Hall–Kier alpha value is -2.54. The second-order valence-corrected chi connectivity index (χ2v) is 4.07. The molecule has 4 nitrogen and oxygen atoms in total. The summed E-state index contributed by atoms with van der Waals surface area (Å²) in [6, 6.07) is 11.3. The maximum Gasteiger partial charge on any atom is 0.0992 e. The van der Waals surface area contributed by atoms with Crippen molar-refractivity contribution < 1.29 is 0 Å². The van der Waals surface area contributed by atoms with Gasteiger partial charge in [-0.15, -0.1) is 0 Å². The van der Waals surface area contributed by atoms with Crippen molar-refractivity contribution in [3.8, 4) is 6.07 Å². The van der Waals surface area contributed by atoms with Crippen molar-refractivity contribution in [1.82, 2.24) is 4.98 Å². The molecule has 0 radical (unpaired) electrons. The summed E-state index contributed by atoms with van der Waals surface area (Å²) < 4.78 is 0. The summed E-state index contributed by atoms with van der Waals surface area (Å²) in [4.78, 5) is 4.08. The smallest absolute Gasteiger partial charge is 0.0992 e. The molecule has 0 bridgehead atoms. The average molecular weight is 238 g/mol. The number of aromatic nitrogens is 1. The first-order valence-electron chi connectivity index (χ1n) is 5.67. The van der Waals surface area contributed by atoms with Gasteiger partial charge in [0.1, 0.15) is 0 Å². The molecule has 3 N–H and O–H groups in total. The Morgan fingerprint density at radius 2 is 2.22 bits per heavy atom. The molecule has 0 spiro atoms. The molecule has 0 aliphatic heterocycles. The van der Waals surface area contributed by atoms with Crippen molar-refractivity contribution in [3.63, 3.8) is 0 Å². The van der Waals surface area contributed by atoms with E-state index in [1.165, 1.54) is 0 Å². The Morgan fingerprint density at radius 3 is 2.83 bits per heavy atom. The van der Waals surface area contributed by atoms with Crippen LogP contribution in [0.3, 0.4) is 0 Å². The van der Waals surface area contributed by atoms with Crippen LogP contribution >= 0.6 is 0 Å². The third kappa shape index (κ3) is 2.58. The van der Waals surface area contributed by atoms with Gasteiger partial charge in [-0.3, -0.25) is 4.98 Å². The Labute approximate surface area is 106 Å². The van der Waals surface area contributed by atoms with Gasteiger partial charge < -0.3 is 11.1 Å². The van der Waals surface area contributed by atoms with Crippen molar-refractivity contribution in [2.45, 2.75) is 13.0 Å². The number of nitriles is 1. The van der Waals surface area contributed by atoms with E-state index in [1.54, 1.807) is 18.3 Å². The number of nitrogens with zero attached hydrogens (tertiary/aromatic N) is 2. The summed E-state index contributed by atoms with van der Waals surface area (Å²) >= 11 is 0.